The van der Waals surface area contributed by atoms with Gasteiger partial charge < -0.3 is 4.57 Å². The van der Waals surface area contributed by atoms with Crippen LogP contribution in [0.5, 0.6) is 0 Å². The molecule has 5 aromatic rings. The fourth-order valence-electron chi connectivity index (χ4n) is 3.51. The number of thiazole rings is 1. The summed E-state index contributed by atoms with van der Waals surface area (Å²) in [5.74, 6) is 0. The lowest BCUT2D eigenvalue weighted by Gasteiger charge is -2.07. The SMILES string of the molecule is CSc1nc2c(s1)c1cnn(Cc3cccc4c3cnn4C)c(=O)c1n2C. The summed E-state index contributed by atoms with van der Waals surface area (Å²) in [5, 5.41) is 10.7. The standard InChI is InChI=1S/C18H16N6OS2/c1-22-14-12(15-16(22)21-18(26-3)27-15)8-20-24(17(14)25)9-10-5-4-6-13-11(10)7-19-23(13)2/h4-8H,9H2,1-3H3. The molecule has 0 amide bonds. The summed E-state index contributed by atoms with van der Waals surface area (Å²) in [6, 6.07) is 6.01. The molecule has 27 heavy (non-hydrogen) atoms. The van der Waals surface area contributed by atoms with Crippen molar-refractivity contribution in [3.05, 3.63) is 46.5 Å². The van der Waals surface area contributed by atoms with Crippen LogP contribution in [0.4, 0.5) is 0 Å². The van der Waals surface area contributed by atoms with E-state index in [2.05, 4.69) is 15.2 Å². The van der Waals surface area contributed by atoms with Crippen LogP contribution in [0.2, 0.25) is 0 Å². The molecule has 0 fully saturated rings. The summed E-state index contributed by atoms with van der Waals surface area (Å²) in [5.41, 5.74) is 3.44. The van der Waals surface area contributed by atoms with Crippen molar-refractivity contribution >= 4 is 55.3 Å². The summed E-state index contributed by atoms with van der Waals surface area (Å²) in [6.07, 6.45) is 5.62. The number of rotatable bonds is 3. The van der Waals surface area contributed by atoms with Crippen LogP contribution >= 0.6 is 23.1 Å². The molecule has 0 aliphatic carbocycles. The monoisotopic (exact) mass is 396 g/mol. The van der Waals surface area contributed by atoms with E-state index in [1.165, 1.54) is 4.68 Å². The Balaban J connectivity index is 1.69. The van der Waals surface area contributed by atoms with E-state index in [0.717, 1.165) is 36.5 Å². The van der Waals surface area contributed by atoms with Gasteiger partial charge in [-0.05, 0) is 17.9 Å². The molecule has 5 rings (SSSR count). The molecule has 0 unspecified atom stereocenters. The minimum absolute atomic E-state index is 0.105. The number of hydrogen-bond acceptors (Lipinski definition) is 6. The van der Waals surface area contributed by atoms with Crippen LogP contribution in [0.25, 0.3) is 32.2 Å². The predicted molar refractivity (Wildman–Crippen MR) is 110 cm³/mol. The Labute approximate surface area is 162 Å². The van der Waals surface area contributed by atoms with E-state index in [1.54, 1.807) is 29.3 Å². The molecule has 0 saturated heterocycles. The number of nitrogens with zero attached hydrogens (tertiary/aromatic N) is 6. The number of hydrogen-bond donors (Lipinski definition) is 0. The first kappa shape index (κ1) is 16.5. The van der Waals surface area contributed by atoms with Crippen molar-refractivity contribution in [1.29, 1.82) is 0 Å². The smallest absolute Gasteiger partial charge is 0.291 e. The van der Waals surface area contributed by atoms with Gasteiger partial charge in [0.05, 0.1) is 29.2 Å². The first-order valence-corrected chi connectivity index (χ1v) is 10.4. The van der Waals surface area contributed by atoms with Crippen LogP contribution in [0.3, 0.4) is 0 Å². The molecule has 9 heteroatoms. The highest BCUT2D eigenvalue weighted by Crippen LogP contribution is 2.34. The lowest BCUT2D eigenvalue weighted by atomic mass is 10.1. The van der Waals surface area contributed by atoms with Crippen molar-refractivity contribution in [2.75, 3.05) is 6.26 Å². The van der Waals surface area contributed by atoms with Crippen LogP contribution in [0.1, 0.15) is 5.56 Å². The first-order valence-electron chi connectivity index (χ1n) is 8.37. The van der Waals surface area contributed by atoms with E-state index in [4.69, 9.17) is 0 Å². The largest absolute Gasteiger partial charge is 0.323 e. The van der Waals surface area contributed by atoms with Gasteiger partial charge in [0.15, 0.2) is 9.99 Å². The highest BCUT2D eigenvalue weighted by Gasteiger charge is 2.18. The highest BCUT2D eigenvalue weighted by atomic mass is 32.2. The molecule has 4 heterocycles. The van der Waals surface area contributed by atoms with Crippen LogP contribution < -0.4 is 5.56 Å². The second-order valence-corrected chi connectivity index (χ2v) is 8.44. The van der Waals surface area contributed by atoms with Gasteiger partial charge in [-0.25, -0.2) is 9.67 Å². The van der Waals surface area contributed by atoms with Gasteiger partial charge in [-0.1, -0.05) is 23.9 Å². The Morgan fingerprint density at radius 3 is 2.78 bits per heavy atom. The van der Waals surface area contributed by atoms with Gasteiger partial charge in [-0.15, -0.1) is 11.3 Å². The third kappa shape index (κ3) is 2.35. The molecule has 0 aliphatic heterocycles. The van der Waals surface area contributed by atoms with Gasteiger partial charge in [0, 0.05) is 24.9 Å². The van der Waals surface area contributed by atoms with E-state index < -0.39 is 0 Å². The van der Waals surface area contributed by atoms with Gasteiger partial charge in [0.2, 0.25) is 0 Å². The molecule has 0 radical (unpaired) electrons. The highest BCUT2D eigenvalue weighted by molar-refractivity contribution is 8.00. The Hall–Kier alpha value is -2.65. The maximum atomic E-state index is 13.1. The van der Waals surface area contributed by atoms with E-state index in [1.807, 2.05) is 54.0 Å². The molecule has 0 spiro atoms. The van der Waals surface area contributed by atoms with Crippen molar-refractivity contribution in [1.82, 2.24) is 29.1 Å². The van der Waals surface area contributed by atoms with E-state index in [-0.39, 0.29) is 5.56 Å². The number of fused-ring (bicyclic) bond motifs is 4. The van der Waals surface area contributed by atoms with Gasteiger partial charge in [0.1, 0.15) is 5.52 Å². The van der Waals surface area contributed by atoms with E-state index in [0.29, 0.717) is 12.1 Å². The Morgan fingerprint density at radius 1 is 1.15 bits per heavy atom. The molecule has 0 bridgehead atoms. The van der Waals surface area contributed by atoms with Crippen molar-refractivity contribution < 1.29 is 0 Å². The van der Waals surface area contributed by atoms with Gasteiger partial charge in [-0.3, -0.25) is 9.48 Å². The van der Waals surface area contributed by atoms with Crippen molar-refractivity contribution in [2.24, 2.45) is 14.1 Å². The summed E-state index contributed by atoms with van der Waals surface area (Å²) >= 11 is 3.21. The molecule has 0 atom stereocenters. The normalized spacial score (nSPS) is 12.0. The third-order valence-corrected chi connectivity index (χ3v) is 6.95. The van der Waals surface area contributed by atoms with Gasteiger partial charge in [-0.2, -0.15) is 10.2 Å². The predicted octanol–water partition coefficient (Wildman–Crippen LogP) is 3.00. The van der Waals surface area contributed by atoms with Gasteiger partial charge in [0.25, 0.3) is 5.56 Å². The lowest BCUT2D eigenvalue weighted by molar-refractivity contribution is 0.647. The number of benzene rings is 1. The molecule has 136 valence electrons. The quantitative estimate of drug-likeness (QED) is 0.439. The summed E-state index contributed by atoms with van der Waals surface area (Å²) in [4.78, 5) is 17.8. The van der Waals surface area contributed by atoms with E-state index in [9.17, 15) is 4.79 Å². The summed E-state index contributed by atoms with van der Waals surface area (Å²) < 4.78 is 7.24. The lowest BCUT2D eigenvalue weighted by Crippen LogP contribution is -2.24. The zero-order valence-corrected chi connectivity index (χ0v) is 16.6. The number of aromatic nitrogens is 6. The fraction of sp³-hybridized carbons (Fsp3) is 0.222. The average molecular weight is 397 g/mol. The van der Waals surface area contributed by atoms with E-state index >= 15 is 0 Å². The molecule has 0 aliphatic rings. The fourth-order valence-corrected chi connectivity index (χ4v) is 5.11. The topological polar surface area (TPSA) is 70.5 Å². The maximum Gasteiger partial charge on any atom is 0.291 e. The molecular formula is C18H16N6OS2. The zero-order chi connectivity index (χ0) is 18.7. The summed E-state index contributed by atoms with van der Waals surface area (Å²) in [7, 11) is 3.80. The van der Waals surface area contributed by atoms with Crippen molar-refractivity contribution in [3.63, 3.8) is 0 Å². The third-order valence-electron chi connectivity index (χ3n) is 4.88. The zero-order valence-electron chi connectivity index (χ0n) is 15.0. The molecule has 0 saturated carbocycles. The minimum Gasteiger partial charge on any atom is -0.323 e. The molecular weight excluding hydrogens is 380 g/mol. The minimum atomic E-state index is -0.105. The van der Waals surface area contributed by atoms with Crippen molar-refractivity contribution in [3.8, 4) is 0 Å². The van der Waals surface area contributed by atoms with Crippen molar-refractivity contribution in [2.45, 2.75) is 10.9 Å². The Morgan fingerprint density at radius 2 is 1.96 bits per heavy atom. The second-order valence-electron chi connectivity index (χ2n) is 6.38. The first-order chi connectivity index (χ1) is 13.1. The molecule has 1 aromatic carbocycles. The molecule has 0 N–H and O–H groups in total. The molecule has 7 nitrogen and oxygen atoms in total. The van der Waals surface area contributed by atoms with Crippen LogP contribution in [0.15, 0.2) is 39.7 Å². The maximum absolute atomic E-state index is 13.1. The second kappa shape index (κ2) is 5.93. The average Bonchev–Trinajstić information content (AvgIpc) is 3.33. The molecule has 4 aromatic heterocycles. The van der Waals surface area contributed by atoms with Crippen LogP contribution in [0, 0.1) is 0 Å². The van der Waals surface area contributed by atoms with Crippen LogP contribution in [-0.2, 0) is 20.6 Å². The Kier molecular flexibility index (Phi) is 3.63. The Bertz CT molecular complexity index is 1390. The number of thioether (sulfide) groups is 1. The summed E-state index contributed by atoms with van der Waals surface area (Å²) in [6.45, 7) is 0.403. The number of aryl methyl sites for hydroxylation is 2. The van der Waals surface area contributed by atoms with Crippen LogP contribution in [-0.4, -0.2) is 35.4 Å². The van der Waals surface area contributed by atoms with Gasteiger partial charge >= 0.3 is 0 Å².